The van der Waals surface area contributed by atoms with Gasteiger partial charge in [0.05, 0.1) is 5.02 Å². The number of para-hydroxylation sites is 1. The van der Waals surface area contributed by atoms with E-state index in [0.717, 1.165) is 37.6 Å². The third-order valence-electron chi connectivity index (χ3n) is 3.73. The largest absolute Gasteiger partial charge is 0.368 e. The van der Waals surface area contributed by atoms with Gasteiger partial charge < -0.3 is 9.80 Å². The van der Waals surface area contributed by atoms with Crippen molar-refractivity contribution in [3.8, 4) is 0 Å². The number of anilines is 2. The van der Waals surface area contributed by atoms with Crippen molar-refractivity contribution in [1.82, 2.24) is 4.98 Å². The second-order valence-corrected chi connectivity index (χ2v) is 5.77. The van der Waals surface area contributed by atoms with Crippen LogP contribution in [0.2, 0.25) is 5.02 Å². The zero-order valence-electron chi connectivity index (χ0n) is 11.7. The molecule has 21 heavy (non-hydrogen) atoms. The predicted molar refractivity (Wildman–Crippen MR) is 89.7 cm³/mol. The molecule has 5 heteroatoms. The first kappa shape index (κ1) is 14.5. The first-order valence-electron chi connectivity index (χ1n) is 7.03. The molecule has 1 saturated heterocycles. The molecular formula is C16H17Cl2N3. The number of halogens is 2. The number of pyridine rings is 1. The van der Waals surface area contributed by atoms with E-state index in [4.69, 9.17) is 23.2 Å². The average molecular weight is 322 g/mol. The predicted octanol–water partition coefficient (Wildman–Crippen LogP) is 3.80. The van der Waals surface area contributed by atoms with E-state index < -0.39 is 0 Å². The van der Waals surface area contributed by atoms with Gasteiger partial charge in [0, 0.05) is 43.9 Å². The van der Waals surface area contributed by atoms with Crippen LogP contribution in [0, 0.1) is 0 Å². The molecule has 0 atom stereocenters. The number of aromatic nitrogens is 1. The lowest BCUT2D eigenvalue weighted by molar-refractivity contribution is 0.647. The molecule has 0 spiro atoms. The van der Waals surface area contributed by atoms with E-state index in [-0.39, 0.29) is 0 Å². The zero-order valence-corrected chi connectivity index (χ0v) is 13.2. The Morgan fingerprint density at radius 1 is 1.00 bits per heavy atom. The quantitative estimate of drug-likeness (QED) is 0.801. The van der Waals surface area contributed by atoms with Gasteiger partial charge in [0.25, 0.3) is 0 Å². The summed E-state index contributed by atoms with van der Waals surface area (Å²) < 4.78 is 0. The fourth-order valence-corrected chi connectivity index (χ4v) is 3.05. The highest BCUT2D eigenvalue weighted by molar-refractivity contribution is 6.33. The summed E-state index contributed by atoms with van der Waals surface area (Å²) in [5.41, 5.74) is 2.22. The van der Waals surface area contributed by atoms with Gasteiger partial charge in [0.2, 0.25) is 0 Å². The molecule has 110 valence electrons. The van der Waals surface area contributed by atoms with E-state index in [1.165, 1.54) is 5.69 Å². The molecule has 0 aliphatic carbocycles. The fourth-order valence-electron chi connectivity index (χ4n) is 2.59. The third kappa shape index (κ3) is 3.25. The molecule has 1 aliphatic heterocycles. The minimum atomic E-state index is 0.439. The molecule has 0 unspecified atom stereocenters. The van der Waals surface area contributed by atoms with E-state index in [9.17, 15) is 0 Å². The van der Waals surface area contributed by atoms with Crippen LogP contribution in [0.3, 0.4) is 0 Å². The van der Waals surface area contributed by atoms with Crippen molar-refractivity contribution in [2.24, 2.45) is 0 Å². The number of alkyl halides is 1. The second-order valence-electron chi connectivity index (χ2n) is 5.09. The van der Waals surface area contributed by atoms with Crippen LogP contribution < -0.4 is 9.80 Å². The van der Waals surface area contributed by atoms with E-state index in [2.05, 4.69) is 39.0 Å². The Hall–Kier alpha value is -1.45. The number of benzene rings is 1. The lowest BCUT2D eigenvalue weighted by Crippen LogP contribution is -2.46. The van der Waals surface area contributed by atoms with Crippen molar-refractivity contribution < 1.29 is 0 Å². The zero-order chi connectivity index (χ0) is 14.7. The summed E-state index contributed by atoms with van der Waals surface area (Å²) in [6.45, 7) is 3.78. The minimum absolute atomic E-state index is 0.439. The molecular weight excluding hydrogens is 305 g/mol. The van der Waals surface area contributed by atoms with Gasteiger partial charge in [-0.15, -0.1) is 11.6 Å². The standard InChI is InChI=1S/C16H17Cl2N3/c17-11-13-10-15(18)16(19-12-13)21-8-6-20(7-9-21)14-4-2-1-3-5-14/h1-5,10,12H,6-9,11H2. The summed E-state index contributed by atoms with van der Waals surface area (Å²) in [5, 5.41) is 0.682. The molecule has 3 nitrogen and oxygen atoms in total. The molecule has 0 saturated carbocycles. The van der Waals surface area contributed by atoms with Crippen molar-refractivity contribution in [3.05, 3.63) is 53.2 Å². The summed E-state index contributed by atoms with van der Waals surface area (Å²) in [4.78, 5) is 9.08. The molecule has 0 radical (unpaired) electrons. The maximum Gasteiger partial charge on any atom is 0.147 e. The Morgan fingerprint density at radius 3 is 2.29 bits per heavy atom. The van der Waals surface area contributed by atoms with Gasteiger partial charge in [-0.05, 0) is 23.8 Å². The monoisotopic (exact) mass is 321 g/mol. The number of rotatable bonds is 3. The van der Waals surface area contributed by atoms with Gasteiger partial charge in [0.1, 0.15) is 5.82 Å². The van der Waals surface area contributed by atoms with E-state index in [0.29, 0.717) is 10.9 Å². The number of nitrogens with zero attached hydrogens (tertiary/aromatic N) is 3. The molecule has 1 aromatic carbocycles. The van der Waals surface area contributed by atoms with Crippen LogP contribution in [0.25, 0.3) is 0 Å². The van der Waals surface area contributed by atoms with Gasteiger partial charge in [-0.2, -0.15) is 0 Å². The van der Waals surface area contributed by atoms with Crippen LogP contribution >= 0.6 is 23.2 Å². The lowest BCUT2D eigenvalue weighted by atomic mass is 10.2. The Labute approximate surface area is 135 Å². The van der Waals surface area contributed by atoms with Gasteiger partial charge in [0.15, 0.2) is 0 Å². The first-order chi connectivity index (χ1) is 10.3. The maximum absolute atomic E-state index is 6.32. The summed E-state index contributed by atoms with van der Waals surface area (Å²) in [5.74, 6) is 1.30. The lowest BCUT2D eigenvalue weighted by Gasteiger charge is -2.37. The highest BCUT2D eigenvalue weighted by Gasteiger charge is 2.20. The highest BCUT2D eigenvalue weighted by atomic mass is 35.5. The van der Waals surface area contributed by atoms with Crippen LogP contribution in [0.1, 0.15) is 5.56 Å². The topological polar surface area (TPSA) is 19.4 Å². The van der Waals surface area contributed by atoms with Crippen LogP contribution in [-0.2, 0) is 5.88 Å². The molecule has 0 amide bonds. The third-order valence-corrected chi connectivity index (χ3v) is 4.32. The molecule has 2 heterocycles. The average Bonchev–Trinajstić information content (AvgIpc) is 2.56. The summed E-state index contributed by atoms with van der Waals surface area (Å²) in [6.07, 6.45) is 1.80. The number of hydrogen-bond acceptors (Lipinski definition) is 3. The maximum atomic E-state index is 6.32. The normalized spacial score (nSPS) is 15.3. The van der Waals surface area contributed by atoms with Gasteiger partial charge >= 0.3 is 0 Å². The van der Waals surface area contributed by atoms with E-state index >= 15 is 0 Å². The summed E-state index contributed by atoms with van der Waals surface area (Å²) in [6, 6.07) is 12.4. The highest BCUT2D eigenvalue weighted by Crippen LogP contribution is 2.26. The Bertz CT molecular complexity index is 596. The van der Waals surface area contributed by atoms with Gasteiger partial charge in [-0.1, -0.05) is 29.8 Å². The van der Waals surface area contributed by atoms with E-state index in [1.54, 1.807) is 6.20 Å². The first-order valence-corrected chi connectivity index (χ1v) is 7.94. The van der Waals surface area contributed by atoms with Crippen molar-refractivity contribution in [2.45, 2.75) is 5.88 Å². The van der Waals surface area contributed by atoms with Crippen molar-refractivity contribution >= 4 is 34.7 Å². The number of hydrogen-bond donors (Lipinski definition) is 0. The van der Waals surface area contributed by atoms with Crippen molar-refractivity contribution in [3.63, 3.8) is 0 Å². The molecule has 0 N–H and O–H groups in total. The Balaban J connectivity index is 1.68. The molecule has 1 aliphatic rings. The molecule has 1 fully saturated rings. The smallest absolute Gasteiger partial charge is 0.147 e. The second kappa shape index (κ2) is 6.54. The Morgan fingerprint density at radius 2 is 1.67 bits per heavy atom. The SMILES string of the molecule is ClCc1cnc(N2CCN(c3ccccc3)CC2)c(Cl)c1. The molecule has 3 rings (SSSR count). The molecule has 1 aromatic heterocycles. The molecule has 0 bridgehead atoms. The molecule has 2 aromatic rings. The summed E-state index contributed by atoms with van der Waals surface area (Å²) >= 11 is 12.1. The van der Waals surface area contributed by atoms with Crippen molar-refractivity contribution in [2.75, 3.05) is 36.0 Å². The van der Waals surface area contributed by atoms with Gasteiger partial charge in [-0.3, -0.25) is 0 Å². The van der Waals surface area contributed by atoms with E-state index in [1.807, 2.05) is 12.1 Å². The fraction of sp³-hybridized carbons (Fsp3) is 0.312. The van der Waals surface area contributed by atoms with Crippen LogP contribution in [0.5, 0.6) is 0 Å². The Kier molecular flexibility index (Phi) is 4.51. The van der Waals surface area contributed by atoms with Crippen LogP contribution in [0.15, 0.2) is 42.6 Å². The number of piperazine rings is 1. The summed E-state index contributed by atoms with van der Waals surface area (Å²) in [7, 11) is 0. The van der Waals surface area contributed by atoms with Crippen LogP contribution in [0.4, 0.5) is 11.5 Å². The minimum Gasteiger partial charge on any atom is -0.368 e. The van der Waals surface area contributed by atoms with Gasteiger partial charge in [-0.25, -0.2) is 4.98 Å². The van der Waals surface area contributed by atoms with Crippen molar-refractivity contribution in [1.29, 1.82) is 0 Å². The van der Waals surface area contributed by atoms with Crippen LogP contribution in [-0.4, -0.2) is 31.2 Å².